The van der Waals surface area contributed by atoms with Crippen LogP contribution in [0, 0.1) is 0 Å². The standard InChI is InChI=1S/C24H27N3O6/c1-24(2,3)18-13-16(27-19(28)9-10-25-23(27)32)12-17(21(18)33-4)22(31)26-15-7-5-14(6-8-15)11-20(29)30/h5-8,12-13H,9-11H2,1-4H3,(H,25,32)(H,26,31)(H,29,30). The summed E-state index contributed by atoms with van der Waals surface area (Å²) in [6, 6.07) is 9.07. The van der Waals surface area contributed by atoms with Gasteiger partial charge in [0.15, 0.2) is 0 Å². The van der Waals surface area contributed by atoms with Gasteiger partial charge in [-0.15, -0.1) is 0 Å². The summed E-state index contributed by atoms with van der Waals surface area (Å²) < 4.78 is 5.59. The summed E-state index contributed by atoms with van der Waals surface area (Å²) in [4.78, 5) is 50.1. The molecule has 0 atom stereocenters. The van der Waals surface area contributed by atoms with Crippen LogP contribution >= 0.6 is 0 Å². The van der Waals surface area contributed by atoms with Crippen LogP contribution in [-0.4, -0.2) is 42.6 Å². The number of ether oxygens (including phenoxy) is 1. The number of amides is 4. The number of hydrogen-bond acceptors (Lipinski definition) is 5. The lowest BCUT2D eigenvalue weighted by atomic mass is 9.84. The summed E-state index contributed by atoms with van der Waals surface area (Å²) in [6.45, 7) is 6.09. The van der Waals surface area contributed by atoms with Crippen LogP contribution in [0.1, 0.15) is 48.7 Å². The van der Waals surface area contributed by atoms with Gasteiger partial charge in [0.05, 0.1) is 24.8 Å². The van der Waals surface area contributed by atoms with Crippen LogP contribution in [-0.2, 0) is 21.4 Å². The maximum Gasteiger partial charge on any atom is 0.328 e. The fourth-order valence-electron chi connectivity index (χ4n) is 3.61. The molecule has 0 unspecified atom stereocenters. The van der Waals surface area contributed by atoms with Crippen LogP contribution in [0.2, 0.25) is 0 Å². The number of carboxylic acids is 1. The topological polar surface area (TPSA) is 125 Å². The zero-order valence-electron chi connectivity index (χ0n) is 19.0. The van der Waals surface area contributed by atoms with Gasteiger partial charge in [-0.25, -0.2) is 9.69 Å². The second-order valence-corrected chi connectivity index (χ2v) is 8.76. The molecule has 1 saturated heterocycles. The van der Waals surface area contributed by atoms with Gasteiger partial charge in [-0.1, -0.05) is 32.9 Å². The van der Waals surface area contributed by atoms with Crippen LogP contribution in [0.5, 0.6) is 5.75 Å². The molecule has 0 aromatic heterocycles. The van der Waals surface area contributed by atoms with Gasteiger partial charge in [0.25, 0.3) is 5.91 Å². The number of benzene rings is 2. The Hall–Kier alpha value is -3.88. The Balaban J connectivity index is 2.03. The van der Waals surface area contributed by atoms with Crippen molar-refractivity contribution in [2.45, 2.75) is 39.0 Å². The molecule has 1 aliphatic rings. The van der Waals surface area contributed by atoms with Crippen LogP contribution in [0.3, 0.4) is 0 Å². The van der Waals surface area contributed by atoms with Crippen molar-refractivity contribution in [3.05, 3.63) is 53.1 Å². The molecule has 1 aliphatic heterocycles. The third-order valence-corrected chi connectivity index (χ3v) is 5.22. The summed E-state index contributed by atoms with van der Waals surface area (Å²) in [7, 11) is 1.46. The first-order chi connectivity index (χ1) is 15.5. The number of anilines is 2. The van der Waals surface area contributed by atoms with E-state index in [-0.39, 0.29) is 36.5 Å². The molecule has 2 aromatic rings. The van der Waals surface area contributed by atoms with Gasteiger partial charge in [-0.3, -0.25) is 14.4 Å². The highest BCUT2D eigenvalue weighted by atomic mass is 16.5. The Bertz CT molecular complexity index is 1090. The van der Waals surface area contributed by atoms with Gasteiger partial charge >= 0.3 is 12.0 Å². The van der Waals surface area contributed by atoms with Crippen molar-refractivity contribution in [3.8, 4) is 5.75 Å². The molecule has 0 spiro atoms. The second kappa shape index (κ2) is 9.32. The minimum Gasteiger partial charge on any atom is -0.496 e. The number of urea groups is 1. The molecule has 1 fully saturated rings. The van der Waals surface area contributed by atoms with Crippen LogP contribution in [0.4, 0.5) is 16.2 Å². The smallest absolute Gasteiger partial charge is 0.328 e. The molecule has 0 radical (unpaired) electrons. The van der Waals surface area contributed by atoms with Crippen molar-refractivity contribution in [2.75, 3.05) is 23.9 Å². The maximum atomic E-state index is 13.2. The first kappa shape index (κ1) is 23.8. The summed E-state index contributed by atoms with van der Waals surface area (Å²) in [6.07, 6.45) is 0.0395. The fourth-order valence-corrected chi connectivity index (χ4v) is 3.61. The van der Waals surface area contributed by atoms with Gasteiger partial charge in [0.2, 0.25) is 5.91 Å². The fraction of sp³-hybridized carbons (Fsp3) is 0.333. The second-order valence-electron chi connectivity index (χ2n) is 8.76. The lowest BCUT2D eigenvalue weighted by molar-refractivity contribution is -0.136. The molecule has 3 N–H and O–H groups in total. The van der Waals surface area contributed by atoms with Crippen LogP contribution < -0.4 is 20.3 Å². The van der Waals surface area contributed by atoms with E-state index in [0.717, 1.165) is 4.90 Å². The molecular formula is C24H27N3O6. The zero-order valence-corrected chi connectivity index (χ0v) is 19.0. The van der Waals surface area contributed by atoms with Crippen LogP contribution in [0.25, 0.3) is 0 Å². The maximum absolute atomic E-state index is 13.2. The van der Waals surface area contributed by atoms with E-state index in [1.807, 2.05) is 20.8 Å². The summed E-state index contributed by atoms with van der Waals surface area (Å²) >= 11 is 0. The number of methoxy groups -OCH3 is 1. The number of aliphatic carboxylic acids is 1. The minimum absolute atomic E-state index is 0.120. The first-order valence-electron chi connectivity index (χ1n) is 10.5. The molecule has 2 aromatic carbocycles. The van der Waals surface area contributed by atoms with E-state index in [1.54, 1.807) is 30.3 Å². The average molecular weight is 453 g/mol. The molecule has 3 rings (SSSR count). The van der Waals surface area contributed by atoms with Crippen molar-refractivity contribution in [2.24, 2.45) is 0 Å². The quantitative estimate of drug-likeness (QED) is 0.616. The third-order valence-electron chi connectivity index (χ3n) is 5.22. The highest BCUT2D eigenvalue weighted by molar-refractivity contribution is 6.17. The Morgan fingerprint density at radius 1 is 1.15 bits per heavy atom. The number of carboxylic acid groups (broad SMARTS) is 1. The van der Waals surface area contributed by atoms with Crippen molar-refractivity contribution >= 4 is 35.2 Å². The number of nitrogens with one attached hydrogen (secondary N) is 2. The predicted molar refractivity (Wildman–Crippen MR) is 123 cm³/mol. The van der Waals surface area contributed by atoms with Crippen molar-refractivity contribution in [1.82, 2.24) is 5.32 Å². The monoisotopic (exact) mass is 453 g/mol. The molecule has 0 saturated carbocycles. The molecule has 1 heterocycles. The average Bonchev–Trinajstić information content (AvgIpc) is 2.73. The minimum atomic E-state index is -0.945. The molecule has 174 valence electrons. The lowest BCUT2D eigenvalue weighted by Crippen LogP contribution is -2.50. The number of rotatable bonds is 6. The lowest BCUT2D eigenvalue weighted by Gasteiger charge is -2.30. The Morgan fingerprint density at radius 2 is 1.82 bits per heavy atom. The molecule has 0 bridgehead atoms. The number of hydrogen-bond donors (Lipinski definition) is 3. The third kappa shape index (κ3) is 5.31. The van der Waals surface area contributed by atoms with Crippen molar-refractivity contribution in [3.63, 3.8) is 0 Å². The molecule has 4 amide bonds. The number of nitrogens with zero attached hydrogens (tertiary/aromatic N) is 1. The first-order valence-corrected chi connectivity index (χ1v) is 10.5. The van der Waals surface area contributed by atoms with Crippen molar-refractivity contribution < 1.29 is 29.0 Å². The molecule has 0 aliphatic carbocycles. The number of carbonyl (C=O) groups is 4. The summed E-state index contributed by atoms with van der Waals surface area (Å²) in [5.41, 5.74) is 1.72. The van der Waals surface area contributed by atoms with E-state index in [1.165, 1.54) is 13.2 Å². The van der Waals surface area contributed by atoms with Gasteiger partial charge in [-0.05, 0) is 35.2 Å². The summed E-state index contributed by atoms with van der Waals surface area (Å²) in [5.74, 6) is -1.45. The van der Waals surface area contributed by atoms with Gasteiger partial charge in [0.1, 0.15) is 5.75 Å². The SMILES string of the molecule is COc1c(C(=O)Nc2ccc(CC(=O)O)cc2)cc(N2C(=O)CCNC2=O)cc1C(C)(C)C. The predicted octanol–water partition coefficient (Wildman–Crippen LogP) is 3.32. The van der Waals surface area contributed by atoms with E-state index in [0.29, 0.717) is 22.6 Å². The van der Waals surface area contributed by atoms with E-state index in [9.17, 15) is 19.2 Å². The number of carbonyl (C=O) groups excluding carboxylic acids is 3. The highest BCUT2D eigenvalue weighted by Crippen LogP contribution is 2.38. The molecule has 33 heavy (non-hydrogen) atoms. The van der Waals surface area contributed by atoms with Gasteiger partial charge in [0, 0.05) is 24.2 Å². The highest BCUT2D eigenvalue weighted by Gasteiger charge is 2.32. The summed E-state index contributed by atoms with van der Waals surface area (Å²) in [5, 5.41) is 14.3. The normalized spacial score (nSPS) is 14.0. The van der Waals surface area contributed by atoms with Crippen molar-refractivity contribution in [1.29, 1.82) is 0 Å². The molecule has 9 heteroatoms. The van der Waals surface area contributed by atoms with E-state index < -0.39 is 23.3 Å². The zero-order chi connectivity index (χ0) is 24.3. The number of imide groups is 1. The Kier molecular flexibility index (Phi) is 6.71. The van der Waals surface area contributed by atoms with Crippen LogP contribution in [0.15, 0.2) is 36.4 Å². The largest absolute Gasteiger partial charge is 0.496 e. The Labute approximate surface area is 191 Å². The van der Waals surface area contributed by atoms with Gasteiger partial charge in [-0.2, -0.15) is 0 Å². The molecular weight excluding hydrogens is 426 g/mol. The van der Waals surface area contributed by atoms with E-state index in [2.05, 4.69) is 10.6 Å². The van der Waals surface area contributed by atoms with E-state index in [4.69, 9.17) is 9.84 Å². The molecule has 9 nitrogen and oxygen atoms in total. The van der Waals surface area contributed by atoms with Gasteiger partial charge < -0.3 is 20.5 Å². The Morgan fingerprint density at radius 3 is 2.36 bits per heavy atom. The van der Waals surface area contributed by atoms with E-state index >= 15 is 0 Å².